The first-order valence-electron chi connectivity index (χ1n) is 9.75. The Balaban J connectivity index is 1.74. The maximum absolute atomic E-state index is 15.0. The Morgan fingerprint density at radius 1 is 1.09 bits per heavy atom. The highest BCUT2D eigenvalue weighted by Crippen LogP contribution is 2.32. The van der Waals surface area contributed by atoms with Gasteiger partial charge >= 0.3 is 6.18 Å². The second-order valence-electron chi connectivity index (χ2n) is 7.57. The molecular formula is C22H18F4N6O. The fourth-order valence-electron chi connectivity index (χ4n) is 3.49. The fraction of sp³-hybridized carbons (Fsp3) is 0.227. The van der Waals surface area contributed by atoms with Crippen LogP contribution in [0.15, 0.2) is 36.7 Å². The molecule has 170 valence electrons. The molecular weight excluding hydrogens is 440 g/mol. The van der Waals surface area contributed by atoms with Gasteiger partial charge < -0.3 is 4.90 Å². The first-order valence-corrected chi connectivity index (χ1v) is 9.75. The number of hydrogen-bond donors (Lipinski definition) is 0. The highest BCUT2D eigenvalue weighted by atomic mass is 19.4. The van der Waals surface area contributed by atoms with Gasteiger partial charge in [-0.1, -0.05) is 0 Å². The number of nitrogens with zero attached hydrogens (tertiary/aromatic N) is 6. The number of aromatic nitrogens is 5. The lowest BCUT2D eigenvalue weighted by Gasteiger charge is -2.19. The van der Waals surface area contributed by atoms with Crippen molar-refractivity contribution in [3.05, 3.63) is 65.0 Å². The van der Waals surface area contributed by atoms with E-state index in [2.05, 4.69) is 20.1 Å². The molecule has 11 heteroatoms. The number of halogens is 4. The fourth-order valence-corrected chi connectivity index (χ4v) is 3.49. The van der Waals surface area contributed by atoms with E-state index in [9.17, 15) is 18.0 Å². The summed E-state index contributed by atoms with van der Waals surface area (Å²) in [6, 6.07) is 5.13. The van der Waals surface area contributed by atoms with Crippen LogP contribution < -0.4 is 4.90 Å². The average molecular weight is 458 g/mol. The Hall–Kier alpha value is -3.89. The molecule has 0 unspecified atom stereocenters. The second-order valence-corrected chi connectivity index (χ2v) is 7.57. The molecule has 0 saturated carbocycles. The van der Waals surface area contributed by atoms with E-state index < -0.39 is 23.6 Å². The standard InChI is InChI=1S/C22H18F4N6O/c1-11-7-17(31(3)21(33)16-5-6-28-32(16)4)14(23)9-13(11)20-27-10-15-19(30-20)12(2)8-18(29-15)22(24,25)26/h5-10H,1-4H3. The first-order chi connectivity index (χ1) is 15.5. The number of amides is 1. The van der Waals surface area contributed by atoms with Crippen molar-refractivity contribution in [2.24, 2.45) is 7.05 Å². The Morgan fingerprint density at radius 3 is 2.45 bits per heavy atom. The summed E-state index contributed by atoms with van der Waals surface area (Å²) in [6.45, 7) is 3.19. The Morgan fingerprint density at radius 2 is 1.82 bits per heavy atom. The molecule has 3 heterocycles. The number of alkyl halides is 3. The van der Waals surface area contributed by atoms with Crippen LogP contribution in [0.4, 0.5) is 23.2 Å². The molecule has 7 nitrogen and oxygen atoms in total. The highest BCUT2D eigenvalue weighted by molar-refractivity contribution is 6.04. The third-order valence-electron chi connectivity index (χ3n) is 5.27. The molecule has 0 spiro atoms. The van der Waals surface area contributed by atoms with Crippen LogP contribution in [0.5, 0.6) is 0 Å². The van der Waals surface area contributed by atoms with Crippen LogP contribution in [0.1, 0.15) is 27.3 Å². The van der Waals surface area contributed by atoms with Gasteiger partial charge in [0.2, 0.25) is 0 Å². The van der Waals surface area contributed by atoms with Crippen molar-refractivity contribution >= 4 is 22.6 Å². The van der Waals surface area contributed by atoms with Gasteiger partial charge in [0.15, 0.2) is 5.82 Å². The zero-order valence-corrected chi connectivity index (χ0v) is 18.1. The van der Waals surface area contributed by atoms with E-state index in [0.717, 1.165) is 6.07 Å². The lowest BCUT2D eigenvalue weighted by Crippen LogP contribution is -2.29. The van der Waals surface area contributed by atoms with Gasteiger partial charge in [0.25, 0.3) is 5.91 Å². The van der Waals surface area contributed by atoms with Gasteiger partial charge in [-0.05, 0) is 49.2 Å². The summed E-state index contributed by atoms with van der Waals surface area (Å²) in [5.41, 5.74) is 0.729. The molecule has 1 amide bonds. The SMILES string of the molecule is Cc1cc(N(C)C(=O)c2ccnn2C)c(F)cc1-c1ncc2nc(C(F)(F)F)cc(C)c2n1. The van der Waals surface area contributed by atoms with Gasteiger partial charge in [-0.3, -0.25) is 9.48 Å². The Bertz CT molecular complexity index is 1400. The third kappa shape index (κ3) is 4.01. The number of carbonyl (C=O) groups excluding carboxylic acids is 1. The van der Waals surface area contributed by atoms with E-state index in [1.165, 1.54) is 54.1 Å². The van der Waals surface area contributed by atoms with Gasteiger partial charge in [0.05, 0.1) is 17.4 Å². The molecule has 0 N–H and O–H groups in total. The zero-order valence-electron chi connectivity index (χ0n) is 18.1. The second kappa shape index (κ2) is 7.91. The minimum Gasteiger partial charge on any atom is -0.307 e. The summed E-state index contributed by atoms with van der Waals surface area (Å²) in [5.74, 6) is -0.986. The van der Waals surface area contributed by atoms with Crippen molar-refractivity contribution in [3.8, 4) is 11.4 Å². The molecule has 3 aromatic heterocycles. The van der Waals surface area contributed by atoms with E-state index >= 15 is 4.39 Å². The van der Waals surface area contributed by atoms with Gasteiger partial charge in [-0.15, -0.1) is 0 Å². The smallest absolute Gasteiger partial charge is 0.307 e. The molecule has 0 atom stereocenters. The number of fused-ring (bicyclic) bond motifs is 1. The first kappa shape index (κ1) is 22.3. The number of aryl methyl sites for hydroxylation is 3. The molecule has 0 aliphatic heterocycles. The van der Waals surface area contributed by atoms with Gasteiger partial charge in [0.1, 0.15) is 22.7 Å². The van der Waals surface area contributed by atoms with Crippen molar-refractivity contribution in [2.75, 3.05) is 11.9 Å². The molecule has 4 aromatic rings. The molecule has 0 aliphatic carbocycles. The van der Waals surface area contributed by atoms with Crippen LogP contribution in [0, 0.1) is 19.7 Å². The predicted molar refractivity (Wildman–Crippen MR) is 113 cm³/mol. The molecule has 33 heavy (non-hydrogen) atoms. The zero-order chi connectivity index (χ0) is 24.1. The van der Waals surface area contributed by atoms with E-state index in [4.69, 9.17) is 0 Å². The number of rotatable bonds is 3. The summed E-state index contributed by atoms with van der Waals surface area (Å²) in [7, 11) is 3.06. The lowest BCUT2D eigenvalue weighted by atomic mass is 10.1. The van der Waals surface area contributed by atoms with Gasteiger partial charge in [-0.2, -0.15) is 18.3 Å². The van der Waals surface area contributed by atoms with Crippen molar-refractivity contribution < 1.29 is 22.4 Å². The quantitative estimate of drug-likeness (QED) is 0.423. The topological polar surface area (TPSA) is 76.8 Å². The monoisotopic (exact) mass is 458 g/mol. The maximum atomic E-state index is 15.0. The largest absolute Gasteiger partial charge is 0.433 e. The van der Waals surface area contributed by atoms with Gasteiger partial charge in [-0.25, -0.2) is 19.3 Å². The normalized spacial score (nSPS) is 11.8. The number of hydrogen-bond acceptors (Lipinski definition) is 5. The number of anilines is 1. The minimum absolute atomic E-state index is 0.0117. The summed E-state index contributed by atoms with van der Waals surface area (Å²) in [6.07, 6.45) is -1.94. The number of carbonyl (C=O) groups is 1. The van der Waals surface area contributed by atoms with Gasteiger partial charge in [0, 0.05) is 25.9 Å². The lowest BCUT2D eigenvalue weighted by molar-refractivity contribution is -0.141. The molecule has 0 bridgehead atoms. The molecule has 0 fully saturated rings. The molecule has 0 aliphatic rings. The summed E-state index contributed by atoms with van der Waals surface area (Å²) in [5, 5.41) is 3.95. The van der Waals surface area contributed by atoms with E-state index in [-0.39, 0.29) is 33.8 Å². The van der Waals surface area contributed by atoms with Crippen LogP contribution in [-0.2, 0) is 13.2 Å². The van der Waals surface area contributed by atoms with Crippen LogP contribution >= 0.6 is 0 Å². The van der Waals surface area contributed by atoms with E-state index in [1.54, 1.807) is 14.0 Å². The minimum atomic E-state index is -4.59. The summed E-state index contributed by atoms with van der Waals surface area (Å²) < 4.78 is 55.5. The van der Waals surface area contributed by atoms with Crippen LogP contribution in [-0.4, -0.2) is 37.7 Å². The Labute approximate surface area is 185 Å². The third-order valence-corrected chi connectivity index (χ3v) is 5.27. The van der Waals surface area contributed by atoms with Crippen LogP contribution in [0.3, 0.4) is 0 Å². The molecule has 4 rings (SSSR count). The number of pyridine rings is 1. The van der Waals surface area contributed by atoms with E-state index in [1.807, 2.05) is 0 Å². The molecule has 0 saturated heterocycles. The maximum Gasteiger partial charge on any atom is 0.433 e. The van der Waals surface area contributed by atoms with E-state index in [0.29, 0.717) is 11.1 Å². The van der Waals surface area contributed by atoms with Crippen molar-refractivity contribution in [1.82, 2.24) is 24.7 Å². The Kier molecular flexibility index (Phi) is 5.35. The summed E-state index contributed by atoms with van der Waals surface area (Å²) in [4.78, 5) is 25.9. The number of benzene rings is 1. The average Bonchev–Trinajstić information content (AvgIpc) is 3.19. The highest BCUT2D eigenvalue weighted by Gasteiger charge is 2.33. The summed E-state index contributed by atoms with van der Waals surface area (Å²) >= 11 is 0. The van der Waals surface area contributed by atoms with Crippen molar-refractivity contribution in [1.29, 1.82) is 0 Å². The molecule has 1 aromatic carbocycles. The van der Waals surface area contributed by atoms with Crippen LogP contribution in [0.2, 0.25) is 0 Å². The van der Waals surface area contributed by atoms with Crippen molar-refractivity contribution in [3.63, 3.8) is 0 Å². The molecule has 0 radical (unpaired) electrons. The van der Waals surface area contributed by atoms with Crippen LogP contribution in [0.25, 0.3) is 22.4 Å². The van der Waals surface area contributed by atoms with Crippen molar-refractivity contribution in [2.45, 2.75) is 20.0 Å². The predicted octanol–water partition coefficient (Wildman–Crippen LogP) is 4.48.